The summed E-state index contributed by atoms with van der Waals surface area (Å²) in [6.07, 6.45) is 3.49. The largest absolute Gasteiger partial charge is 0.494 e. The Morgan fingerprint density at radius 1 is 0.806 bits per heavy atom. The number of para-hydroxylation sites is 3. The van der Waals surface area contributed by atoms with E-state index in [-0.39, 0.29) is 16.2 Å². The highest BCUT2D eigenvalue weighted by molar-refractivity contribution is 7.71. The molecule has 0 bridgehead atoms. The molecule has 0 saturated carbocycles. The first-order valence-corrected chi connectivity index (χ1v) is 10.1. The third-order valence-electron chi connectivity index (χ3n) is 5.08. The van der Waals surface area contributed by atoms with Gasteiger partial charge in [-0.3, -0.25) is 13.9 Å². The molecular weight excluding hydrogens is 406 g/mol. The molecule has 0 amide bonds. The smallest absolute Gasteiger partial charge is 0.270 e. The van der Waals surface area contributed by atoms with Gasteiger partial charge in [0.2, 0.25) is 5.88 Å². The Kier molecular flexibility index (Phi) is 4.69. The van der Waals surface area contributed by atoms with Gasteiger partial charge in [-0.15, -0.1) is 0 Å². The average Bonchev–Trinajstić information content (AvgIpc) is 3.21. The van der Waals surface area contributed by atoms with Crippen molar-refractivity contribution in [3.05, 3.63) is 122 Å². The summed E-state index contributed by atoms with van der Waals surface area (Å²) in [6.45, 7) is 0. The van der Waals surface area contributed by atoms with Crippen molar-refractivity contribution in [2.24, 2.45) is 4.99 Å². The number of nitrogens with zero attached hydrogens (tertiary/aromatic N) is 3. The van der Waals surface area contributed by atoms with Gasteiger partial charge in [-0.2, -0.15) is 0 Å². The lowest BCUT2D eigenvalue weighted by molar-refractivity contribution is 0.429. The predicted octanol–water partition coefficient (Wildman–Crippen LogP) is 3.52. The standard InChI is InChI=1S/C25H17N3O2S/c29-23-21(16-18-15-17-9-7-8-14-22(17)26-18)24(30)28(20-12-5-2-6-13-20)25(31)27(23)19-10-3-1-4-11-19/h1-16,29H/b18-16+. The summed E-state index contributed by atoms with van der Waals surface area (Å²) >= 11 is 5.64. The minimum absolute atomic E-state index is 0.115. The van der Waals surface area contributed by atoms with Crippen molar-refractivity contribution in [2.45, 2.75) is 0 Å². The Hall–Kier alpha value is -4.03. The summed E-state index contributed by atoms with van der Waals surface area (Å²) in [5.74, 6) is -0.222. The fourth-order valence-electron chi connectivity index (χ4n) is 3.62. The highest BCUT2D eigenvalue weighted by Gasteiger charge is 2.18. The minimum atomic E-state index is -0.409. The van der Waals surface area contributed by atoms with Gasteiger partial charge in [0.05, 0.1) is 22.4 Å². The molecule has 0 saturated heterocycles. The van der Waals surface area contributed by atoms with Crippen LogP contribution in [0.2, 0.25) is 0 Å². The molecule has 0 unspecified atom stereocenters. The molecule has 6 heteroatoms. The van der Waals surface area contributed by atoms with Gasteiger partial charge in [-0.05, 0) is 54.7 Å². The Labute approximate surface area is 182 Å². The molecule has 1 aromatic heterocycles. The quantitative estimate of drug-likeness (QED) is 0.513. The first-order valence-electron chi connectivity index (χ1n) is 9.72. The predicted molar refractivity (Wildman–Crippen MR) is 124 cm³/mol. The van der Waals surface area contributed by atoms with E-state index in [1.54, 1.807) is 6.08 Å². The van der Waals surface area contributed by atoms with E-state index in [2.05, 4.69) is 4.99 Å². The van der Waals surface area contributed by atoms with E-state index < -0.39 is 5.56 Å². The van der Waals surface area contributed by atoms with Gasteiger partial charge >= 0.3 is 0 Å². The maximum Gasteiger partial charge on any atom is 0.270 e. The molecule has 3 aromatic carbocycles. The van der Waals surface area contributed by atoms with Crippen LogP contribution in [-0.2, 0) is 0 Å². The van der Waals surface area contributed by atoms with Crippen molar-refractivity contribution in [1.29, 1.82) is 0 Å². The van der Waals surface area contributed by atoms with Gasteiger partial charge in [0.25, 0.3) is 5.56 Å². The topological polar surface area (TPSA) is 59.5 Å². The first-order chi connectivity index (χ1) is 15.1. The van der Waals surface area contributed by atoms with Crippen LogP contribution < -0.4 is 16.1 Å². The van der Waals surface area contributed by atoms with Crippen LogP contribution in [0.1, 0.15) is 5.56 Å². The van der Waals surface area contributed by atoms with Crippen LogP contribution in [0.15, 0.2) is 100 Å². The van der Waals surface area contributed by atoms with E-state index in [1.807, 2.05) is 91.0 Å². The summed E-state index contributed by atoms with van der Waals surface area (Å²) in [5.41, 5.74) is 1.57. The first kappa shape index (κ1) is 19.0. The second-order valence-electron chi connectivity index (χ2n) is 7.05. The number of allylic oxidation sites excluding steroid dienone is 1. The van der Waals surface area contributed by atoms with Gasteiger partial charge in [0, 0.05) is 5.22 Å². The van der Waals surface area contributed by atoms with Crippen molar-refractivity contribution in [2.75, 3.05) is 0 Å². The number of rotatable bonds is 3. The Morgan fingerprint density at radius 3 is 2.03 bits per heavy atom. The van der Waals surface area contributed by atoms with Crippen molar-refractivity contribution in [3.63, 3.8) is 0 Å². The number of hydrogen-bond donors (Lipinski definition) is 1. The molecule has 31 heavy (non-hydrogen) atoms. The van der Waals surface area contributed by atoms with E-state index in [0.29, 0.717) is 17.1 Å². The Morgan fingerprint density at radius 2 is 1.39 bits per heavy atom. The van der Waals surface area contributed by atoms with Crippen LogP contribution in [0.25, 0.3) is 23.5 Å². The normalized spacial score (nSPS) is 13.5. The number of fused-ring (bicyclic) bond motifs is 1. The third kappa shape index (κ3) is 3.33. The maximum absolute atomic E-state index is 13.5. The van der Waals surface area contributed by atoms with Gasteiger partial charge < -0.3 is 5.11 Å². The van der Waals surface area contributed by atoms with E-state index >= 15 is 0 Å². The lowest BCUT2D eigenvalue weighted by atomic mass is 10.2. The van der Waals surface area contributed by atoms with Crippen LogP contribution in [0.4, 0.5) is 0 Å². The molecule has 150 valence electrons. The van der Waals surface area contributed by atoms with E-state index in [1.165, 1.54) is 9.13 Å². The molecule has 4 aromatic rings. The molecule has 0 fully saturated rings. The van der Waals surface area contributed by atoms with Crippen molar-refractivity contribution < 1.29 is 5.11 Å². The lowest BCUT2D eigenvalue weighted by Crippen LogP contribution is -2.25. The van der Waals surface area contributed by atoms with E-state index in [0.717, 1.165) is 10.6 Å². The zero-order chi connectivity index (χ0) is 21.4. The zero-order valence-electron chi connectivity index (χ0n) is 16.3. The van der Waals surface area contributed by atoms with Gasteiger partial charge in [0.1, 0.15) is 5.56 Å². The molecule has 5 rings (SSSR count). The second-order valence-corrected chi connectivity index (χ2v) is 7.42. The Bertz CT molecular complexity index is 1530. The van der Waals surface area contributed by atoms with Crippen LogP contribution in [0, 0.1) is 4.77 Å². The highest BCUT2D eigenvalue weighted by atomic mass is 32.1. The molecule has 0 aliphatic carbocycles. The summed E-state index contributed by atoms with van der Waals surface area (Å²) in [5, 5.41) is 12.9. The SMILES string of the molecule is O=c1c(/C=C2\C=c3ccccc3=N2)c(O)n(-c2ccccc2)c(=S)n1-c1ccccc1. The molecule has 1 N–H and O–H groups in total. The number of benzene rings is 3. The summed E-state index contributed by atoms with van der Waals surface area (Å²) < 4.78 is 3.10. The van der Waals surface area contributed by atoms with Crippen LogP contribution in [0.3, 0.4) is 0 Å². The molecule has 0 atom stereocenters. The molecule has 1 aliphatic rings. The summed E-state index contributed by atoms with van der Waals surface area (Å²) in [7, 11) is 0. The van der Waals surface area contributed by atoms with Gasteiger partial charge in [-0.1, -0.05) is 54.6 Å². The molecule has 0 spiro atoms. The van der Waals surface area contributed by atoms with Gasteiger partial charge in [0.15, 0.2) is 4.77 Å². The molecule has 1 aliphatic heterocycles. The minimum Gasteiger partial charge on any atom is -0.494 e. The molecular formula is C25H17N3O2S. The number of aromatic hydroxyl groups is 1. The van der Waals surface area contributed by atoms with Crippen LogP contribution >= 0.6 is 12.2 Å². The number of aromatic nitrogens is 2. The number of hydrogen-bond acceptors (Lipinski definition) is 4. The lowest BCUT2D eigenvalue weighted by Gasteiger charge is -2.16. The Balaban J connectivity index is 1.83. The van der Waals surface area contributed by atoms with E-state index in [4.69, 9.17) is 12.2 Å². The molecule has 0 radical (unpaired) electrons. The maximum atomic E-state index is 13.5. The van der Waals surface area contributed by atoms with Crippen molar-refractivity contribution in [3.8, 4) is 17.3 Å². The fourth-order valence-corrected chi connectivity index (χ4v) is 4.00. The average molecular weight is 423 g/mol. The fraction of sp³-hybridized carbons (Fsp3) is 0. The van der Waals surface area contributed by atoms with Crippen molar-refractivity contribution >= 4 is 24.4 Å². The molecule has 2 heterocycles. The summed E-state index contributed by atoms with van der Waals surface area (Å²) in [4.78, 5) is 18.0. The van der Waals surface area contributed by atoms with E-state index in [9.17, 15) is 9.90 Å². The highest BCUT2D eigenvalue weighted by Crippen LogP contribution is 2.24. The zero-order valence-corrected chi connectivity index (χ0v) is 17.2. The summed E-state index contributed by atoms with van der Waals surface area (Å²) in [6, 6.07) is 26.1. The second kappa shape index (κ2) is 7.66. The third-order valence-corrected chi connectivity index (χ3v) is 5.44. The van der Waals surface area contributed by atoms with Crippen molar-refractivity contribution in [1.82, 2.24) is 9.13 Å². The van der Waals surface area contributed by atoms with Crippen LogP contribution in [-0.4, -0.2) is 14.2 Å². The van der Waals surface area contributed by atoms with Crippen LogP contribution in [0.5, 0.6) is 5.88 Å². The van der Waals surface area contributed by atoms with Gasteiger partial charge in [-0.25, -0.2) is 4.99 Å². The molecule has 5 nitrogen and oxygen atoms in total. The monoisotopic (exact) mass is 423 g/mol.